The van der Waals surface area contributed by atoms with Crippen molar-refractivity contribution in [3.05, 3.63) is 27.7 Å². The van der Waals surface area contributed by atoms with Crippen molar-refractivity contribution in [1.29, 1.82) is 0 Å². The number of carbonyl (C=O) groups excluding carboxylic acids is 1. The fourth-order valence-electron chi connectivity index (χ4n) is 1.40. The van der Waals surface area contributed by atoms with Gasteiger partial charge < -0.3 is 10.4 Å². The summed E-state index contributed by atoms with van der Waals surface area (Å²) >= 11 is 8.90. The molecule has 0 heterocycles. The van der Waals surface area contributed by atoms with E-state index in [0.29, 0.717) is 12.1 Å². The molecule has 3 nitrogen and oxygen atoms in total. The summed E-state index contributed by atoms with van der Waals surface area (Å²) in [5.41, 5.74) is 2.35. The van der Waals surface area contributed by atoms with Gasteiger partial charge in [0.1, 0.15) is 0 Å². The molecule has 17 heavy (non-hydrogen) atoms. The first-order valence-corrected chi connectivity index (χ1v) is 6.57. The highest BCUT2D eigenvalue weighted by Crippen LogP contribution is 2.25. The van der Waals surface area contributed by atoms with E-state index in [1.807, 2.05) is 13.0 Å². The monoisotopic (exact) mass is 319 g/mol. The van der Waals surface area contributed by atoms with Crippen LogP contribution in [0.25, 0.3) is 0 Å². The number of Topliss-reactive ketones (excluding diaryl/α,β-unsaturated/α-hetero) is 1. The molecule has 1 aromatic rings. The second-order valence-corrected chi connectivity index (χ2v) is 5.06. The minimum atomic E-state index is -0.625. The number of anilines is 1. The highest BCUT2D eigenvalue weighted by molar-refractivity contribution is 9.10. The summed E-state index contributed by atoms with van der Waals surface area (Å²) in [6, 6.07) is 3.66. The molecular formula is C12H15BrClNO2. The summed E-state index contributed by atoms with van der Waals surface area (Å²) in [5, 5.41) is 12.4. The summed E-state index contributed by atoms with van der Waals surface area (Å²) < 4.78 is 0.895. The van der Waals surface area contributed by atoms with Crippen LogP contribution in [0, 0.1) is 6.92 Å². The molecule has 0 fully saturated rings. The van der Waals surface area contributed by atoms with Crippen LogP contribution in [0.3, 0.4) is 0 Å². The molecule has 1 atom stereocenters. The van der Waals surface area contributed by atoms with Crippen molar-refractivity contribution in [2.24, 2.45) is 0 Å². The zero-order valence-corrected chi connectivity index (χ0v) is 12.1. The van der Waals surface area contributed by atoms with Gasteiger partial charge in [-0.05, 0) is 31.5 Å². The molecule has 0 radical (unpaired) electrons. The first kappa shape index (κ1) is 14.5. The maximum absolute atomic E-state index is 11.5. The Morgan fingerprint density at radius 1 is 1.59 bits per heavy atom. The molecule has 0 saturated heterocycles. The summed E-state index contributed by atoms with van der Waals surface area (Å²) in [4.78, 5) is 11.5. The fraction of sp³-hybridized carbons (Fsp3) is 0.417. The number of ketones is 1. The van der Waals surface area contributed by atoms with Crippen LogP contribution >= 0.6 is 27.5 Å². The van der Waals surface area contributed by atoms with Crippen molar-refractivity contribution in [1.82, 2.24) is 0 Å². The zero-order valence-electron chi connectivity index (χ0n) is 9.76. The number of aliphatic hydroxyl groups is 1. The van der Waals surface area contributed by atoms with E-state index >= 15 is 0 Å². The van der Waals surface area contributed by atoms with Gasteiger partial charge in [0.05, 0.1) is 12.0 Å². The van der Waals surface area contributed by atoms with Crippen molar-refractivity contribution in [2.75, 3.05) is 17.7 Å². The van der Waals surface area contributed by atoms with Gasteiger partial charge in [-0.25, -0.2) is 0 Å². The number of nitrogens with one attached hydrogen (secondary N) is 1. The highest BCUT2D eigenvalue weighted by atomic mass is 79.9. The van der Waals surface area contributed by atoms with E-state index in [2.05, 4.69) is 21.2 Å². The van der Waals surface area contributed by atoms with Crippen molar-refractivity contribution >= 4 is 39.0 Å². The van der Waals surface area contributed by atoms with Crippen LogP contribution in [0.2, 0.25) is 0 Å². The number of hydrogen-bond donors (Lipinski definition) is 2. The van der Waals surface area contributed by atoms with Gasteiger partial charge in [-0.1, -0.05) is 15.9 Å². The fourth-order valence-corrected chi connectivity index (χ4v) is 1.85. The second kappa shape index (κ2) is 6.38. The SMILES string of the molecule is CC(=O)c1cc(Br)c(C)cc1NCC(O)CCl. The van der Waals surface area contributed by atoms with Crippen LogP contribution in [-0.2, 0) is 0 Å². The Morgan fingerprint density at radius 3 is 2.76 bits per heavy atom. The van der Waals surface area contributed by atoms with E-state index in [9.17, 15) is 9.90 Å². The van der Waals surface area contributed by atoms with E-state index < -0.39 is 6.10 Å². The molecule has 0 bridgehead atoms. The highest BCUT2D eigenvalue weighted by Gasteiger charge is 2.11. The summed E-state index contributed by atoms with van der Waals surface area (Å²) in [6.07, 6.45) is -0.625. The van der Waals surface area contributed by atoms with Crippen LogP contribution in [0.5, 0.6) is 0 Å². The Balaban J connectivity index is 2.96. The van der Waals surface area contributed by atoms with Gasteiger partial charge in [0.25, 0.3) is 0 Å². The van der Waals surface area contributed by atoms with Crippen molar-refractivity contribution in [2.45, 2.75) is 20.0 Å². The van der Waals surface area contributed by atoms with Crippen LogP contribution in [0.1, 0.15) is 22.8 Å². The Labute approximate surface area is 114 Å². The van der Waals surface area contributed by atoms with Gasteiger partial charge >= 0.3 is 0 Å². The lowest BCUT2D eigenvalue weighted by Gasteiger charge is -2.14. The Kier molecular flexibility index (Phi) is 5.43. The van der Waals surface area contributed by atoms with E-state index in [1.54, 1.807) is 6.07 Å². The molecule has 1 aromatic carbocycles. The maximum Gasteiger partial charge on any atom is 0.161 e. The second-order valence-electron chi connectivity index (χ2n) is 3.89. The zero-order chi connectivity index (χ0) is 13.0. The van der Waals surface area contributed by atoms with E-state index in [4.69, 9.17) is 11.6 Å². The third-order valence-electron chi connectivity index (χ3n) is 2.38. The molecule has 1 rings (SSSR count). The lowest BCUT2D eigenvalue weighted by molar-refractivity contribution is 0.101. The van der Waals surface area contributed by atoms with Crippen molar-refractivity contribution < 1.29 is 9.90 Å². The first-order chi connectivity index (χ1) is 7.95. The van der Waals surface area contributed by atoms with Crippen molar-refractivity contribution in [3.8, 4) is 0 Å². The number of halogens is 2. The molecule has 0 aromatic heterocycles. The Morgan fingerprint density at radius 2 is 2.24 bits per heavy atom. The predicted octanol–water partition coefficient (Wildman–Crippen LogP) is 2.97. The molecule has 0 amide bonds. The first-order valence-electron chi connectivity index (χ1n) is 5.24. The topological polar surface area (TPSA) is 49.3 Å². The third-order valence-corrected chi connectivity index (χ3v) is 3.59. The van der Waals surface area contributed by atoms with E-state index in [-0.39, 0.29) is 11.7 Å². The molecule has 94 valence electrons. The molecule has 0 aliphatic heterocycles. The summed E-state index contributed by atoms with van der Waals surface area (Å²) in [5.74, 6) is 0.145. The number of aliphatic hydroxyl groups excluding tert-OH is 1. The Hall–Kier alpha value is -0.580. The van der Waals surface area contributed by atoms with Crippen LogP contribution in [0.15, 0.2) is 16.6 Å². The smallest absolute Gasteiger partial charge is 0.161 e. The van der Waals surface area contributed by atoms with Gasteiger partial charge in [-0.15, -0.1) is 11.6 Å². The number of aryl methyl sites for hydroxylation is 1. The normalized spacial score (nSPS) is 12.3. The maximum atomic E-state index is 11.5. The molecular weight excluding hydrogens is 305 g/mol. The summed E-state index contributed by atoms with van der Waals surface area (Å²) in [7, 11) is 0. The molecule has 0 aliphatic carbocycles. The standard InChI is InChI=1S/C12H15BrClNO2/c1-7-3-12(15-6-9(17)5-14)10(8(2)16)4-11(7)13/h3-4,9,15,17H,5-6H2,1-2H3. The minimum absolute atomic E-state index is 0.0198. The van der Waals surface area contributed by atoms with E-state index in [0.717, 1.165) is 15.7 Å². The molecule has 1 unspecified atom stereocenters. The molecule has 0 spiro atoms. The number of carbonyl (C=O) groups is 1. The quantitative estimate of drug-likeness (QED) is 0.648. The molecule has 5 heteroatoms. The average Bonchev–Trinajstić information content (AvgIpc) is 2.29. The van der Waals surface area contributed by atoms with Gasteiger partial charge in [0.2, 0.25) is 0 Å². The van der Waals surface area contributed by atoms with Gasteiger partial charge in [-0.3, -0.25) is 4.79 Å². The van der Waals surface area contributed by atoms with Gasteiger partial charge in [-0.2, -0.15) is 0 Å². The number of rotatable bonds is 5. The number of benzene rings is 1. The van der Waals surface area contributed by atoms with Gasteiger partial charge in [0, 0.05) is 22.3 Å². The number of hydrogen-bond acceptors (Lipinski definition) is 3. The summed E-state index contributed by atoms with van der Waals surface area (Å²) in [6.45, 7) is 3.78. The number of alkyl halides is 1. The van der Waals surface area contributed by atoms with E-state index in [1.165, 1.54) is 6.92 Å². The predicted molar refractivity (Wildman–Crippen MR) is 74.1 cm³/mol. The largest absolute Gasteiger partial charge is 0.390 e. The van der Waals surface area contributed by atoms with Crippen LogP contribution < -0.4 is 5.32 Å². The Bertz CT molecular complexity index is 423. The third kappa shape index (κ3) is 3.98. The lowest BCUT2D eigenvalue weighted by atomic mass is 10.1. The van der Waals surface area contributed by atoms with Crippen molar-refractivity contribution in [3.63, 3.8) is 0 Å². The molecule has 2 N–H and O–H groups in total. The molecule has 0 aliphatic rings. The lowest BCUT2D eigenvalue weighted by Crippen LogP contribution is -2.21. The van der Waals surface area contributed by atoms with Crippen LogP contribution in [-0.4, -0.2) is 29.4 Å². The minimum Gasteiger partial charge on any atom is -0.390 e. The van der Waals surface area contributed by atoms with Crippen LogP contribution in [0.4, 0.5) is 5.69 Å². The van der Waals surface area contributed by atoms with Gasteiger partial charge in [0.15, 0.2) is 5.78 Å². The average molecular weight is 321 g/mol. The molecule has 0 saturated carbocycles.